The van der Waals surface area contributed by atoms with Crippen molar-refractivity contribution in [3.05, 3.63) is 0 Å². The van der Waals surface area contributed by atoms with Crippen LogP contribution >= 0.6 is 0 Å². The largest absolute Gasteiger partial charge is 0.346 e. The minimum atomic E-state index is 0.342. The molecule has 0 aliphatic heterocycles. The number of amides is 2. The van der Waals surface area contributed by atoms with E-state index in [0.717, 1.165) is 76.5 Å². The van der Waals surface area contributed by atoms with E-state index in [1.807, 2.05) is 23.9 Å². The predicted octanol–water partition coefficient (Wildman–Crippen LogP) is 13.3. The topological polar surface area (TPSA) is 52.7 Å². The highest BCUT2D eigenvalue weighted by molar-refractivity contribution is 5.76. The number of carbonyl (C=O) groups is 2. The van der Waals surface area contributed by atoms with Crippen molar-refractivity contribution in [2.45, 2.75) is 233 Å². The molecule has 0 bridgehead atoms. The van der Waals surface area contributed by atoms with E-state index in [9.17, 15) is 9.59 Å². The lowest BCUT2D eigenvalue weighted by atomic mass is 9.91. The maximum atomic E-state index is 12.6. The highest BCUT2D eigenvalue weighted by atomic mass is 16.2. The van der Waals surface area contributed by atoms with Crippen molar-refractivity contribution in [1.82, 2.24) is 15.1 Å². The summed E-state index contributed by atoms with van der Waals surface area (Å²) >= 11 is 0. The molecule has 0 atom stereocenters. The van der Waals surface area contributed by atoms with E-state index < -0.39 is 0 Å². The molecule has 0 aromatic heterocycles. The van der Waals surface area contributed by atoms with Crippen LogP contribution in [-0.4, -0.2) is 61.9 Å². The quantitative estimate of drug-likeness (QED) is 0.0642. The molecule has 0 aromatic rings. The lowest BCUT2D eigenvalue weighted by Crippen LogP contribution is -2.27. The third-order valence-corrected chi connectivity index (χ3v) is 11.4. The summed E-state index contributed by atoms with van der Waals surface area (Å²) < 4.78 is 0. The molecular weight excluding hydrogens is 627 g/mol. The Labute approximate surface area is 321 Å². The zero-order valence-corrected chi connectivity index (χ0v) is 35.8. The molecule has 0 aromatic carbocycles. The Morgan fingerprint density at radius 3 is 1.02 bits per heavy atom. The van der Waals surface area contributed by atoms with Crippen LogP contribution in [-0.2, 0) is 9.59 Å². The van der Waals surface area contributed by atoms with Crippen LogP contribution in [0.4, 0.5) is 0 Å². The van der Waals surface area contributed by atoms with Crippen molar-refractivity contribution >= 4 is 11.8 Å². The monoisotopic (exact) mass is 720 g/mol. The minimum Gasteiger partial charge on any atom is -0.346 e. The van der Waals surface area contributed by atoms with Crippen molar-refractivity contribution in [2.24, 2.45) is 11.8 Å². The van der Waals surface area contributed by atoms with Crippen molar-refractivity contribution < 1.29 is 9.59 Å². The van der Waals surface area contributed by atoms with E-state index >= 15 is 0 Å². The summed E-state index contributed by atoms with van der Waals surface area (Å²) in [5.74, 6) is 2.40. The fourth-order valence-electron chi connectivity index (χ4n) is 7.70. The number of hydrogen-bond donors (Lipinski definition) is 1. The molecule has 0 radical (unpaired) electrons. The number of nitrogens with one attached hydrogen (secondary N) is 1. The summed E-state index contributed by atoms with van der Waals surface area (Å²) in [5, 5.41) is 3.62. The van der Waals surface area contributed by atoms with Gasteiger partial charge in [0, 0.05) is 40.0 Å². The molecule has 1 N–H and O–H groups in total. The van der Waals surface area contributed by atoms with Crippen molar-refractivity contribution in [1.29, 1.82) is 0 Å². The SMILES string of the molecule is CCCCCC(CCCCC)CCCN(C)C(=O)CCCCCCCNCCCCCCCC(=O)N(C)CCCC(CCCCC)CCCCC. The summed E-state index contributed by atoms with van der Waals surface area (Å²) in [7, 11) is 4.03. The van der Waals surface area contributed by atoms with Gasteiger partial charge in [0.25, 0.3) is 0 Å². The average molecular weight is 720 g/mol. The second kappa shape index (κ2) is 38.6. The first kappa shape index (κ1) is 49.9. The summed E-state index contributed by atoms with van der Waals surface area (Å²) in [6.07, 6.45) is 39.9. The molecule has 0 heterocycles. The second-order valence-corrected chi connectivity index (χ2v) is 16.4. The first-order valence-corrected chi connectivity index (χ1v) is 23.1. The molecule has 0 aliphatic rings. The zero-order valence-electron chi connectivity index (χ0n) is 35.8. The van der Waals surface area contributed by atoms with Crippen LogP contribution in [0.1, 0.15) is 233 Å². The fourth-order valence-corrected chi connectivity index (χ4v) is 7.70. The number of rotatable bonds is 40. The van der Waals surface area contributed by atoms with Gasteiger partial charge in [-0.2, -0.15) is 0 Å². The molecule has 0 spiro atoms. The predicted molar refractivity (Wildman–Crippen MR) is 226 cm³/mol. The molecule has 5 nitrogen and oxygen atoms in total. The first-order valence-electron chi connectivity index (χ1n) is 23.1. The van der Waals surface area contributed by atoms with E-state index in [0.29, 0.717) is 11.8 Å². The molecule has 0 aliphatic carbocycles. The normalized spacial score (nSPS) is 11.6. The summed E-state index contributed by atoms with van der Waals surface area (Å²) in [4.78, 5) is 29.3. The van der Waals surface area contributed by atoms with Gasteiger partial charge in [0.2, 0.25) is 11.8 Å². The van der Waals surface area contributed by atoms with Gasteiger partial charge in [-0.15, -0.1) is 0 Å². The number of hydrogen-bond acceptors (Lipinski definition) is 3. The Bertz CT molecular complexity index is 664. The van der Waals surface area contributed by atoms with Gasteiger partial charge < -0.3 is 15.1 Å². The third kappa shape index (κ3) is 33.2. The van der Waals surface area contributed by atoms with Crippen LogP contribution in [0.25, 0.3) is 0 Å². The molecule has 0 saturated carbocycles. The molecule has 304 valence electrons. The Kier molecular flexibility index (Phi) is 37.8. The van der Waals surface area contributed by atoms with E-state index in [1.54, 1.807) is 0 Å². The van der Waals surface area contributed by atoms with Crippen molar-refractivity contribution in [2.75, 3.05) is 40.3 Å². The van der Waals surface area contributed by atoms with Gasteiger partial charge in [0.1, 0.15) is 0 Å². The summed E-state index contributed by atoms with van der Waals surface area (Å²) in [5.41, 5.74) is 0. The molecule has 0 saturated heterocycles. The van der Waals surface area contributed by atoms with Gasteiger partial charge in [-0.05, 0) is 76.3 Å². The molecule has 0 unspecified atom stereocenters. The fraction of sp³-hybridized carbons (Fsp3) is 0.957. The van der Waals surface area contributed by atoms with E-state index in [-0.39, 0.29) is 0 Å². The third-order valence-electron chi connectivity index (χ3n) is 11.4. The second-order valence-electron chi connectivity index (χ2n) is 16.4. The Morgan fingerprint density at radius 1 is 0.392 bits per heavy atom. The molecule has 5 heteroatoms. The standard InChI is InChI=1S/C46H93N3O2/c1-7-11-21-31-43(32-22-12-8-2)35-29-41-48(5)45(50)37-25-17-15-19-27-39-47-40-28-20-16-18-26-38-46(51)49(6)42-30-36-44(33-23-13-9-3)34-24-14-10-4/h43-44,47H,7-42H2,1-6H3. The molecule has 2 amide bonds. The van der Waals surface area contributed by atoms with Gasteiger partial charge in [0.05, 0.1) is 0 Å². The number of carbonyl (C=O) groups excluding carboxylic acids is 2. The van der Waals surface area contributed by atoms with Crippen LogP contribution < -0.4 is 5.32 Å². The Balaban J connectivity index is 3.71. The molecule has 0 fully saturated rings. The average Bonchev–Trinajstić information content (AvgIpc) is 3.12. The van der Waals surface area contributed by atoms with Crippen LogP contribution in [0.3, 0.4) is 0 Å². The van der Waals surface area contributed by atoms with Gasteiger partial charge >= 0.3 is 0 Å². The van der Waals surface area contributed by atoms with E-state index in [2.05, 4.69) is 33.0 Å². The minimum absolute atomic E-state index is 0.342. The molecular formula is C46H93N3O2. The van der Waals surface area contributed by atoms with Gasteiger partial charge in [0.15, 0.2) is 0 Å². The van der Waals surface area contributed by atoms with Gasteiger partial charge in [-0.3, -0.25) is 9.59 Å². The lowest BCUT2D eigenvalue weighted by Gasteiger charge is -2.20. The van der Waals surface area contributed by atoms with Gasteiger partial charge in [-0.25, -0.2) is 0 Å². The highest BCUT2D eigenvalue weighted by Crippen LogP contribution is 2.24. The van der Waals surface area contributed by atoms with Crippen LogP contribution in [0.15, 0.2) is 0 Å². The maximum absolute atomic E-state index is 12.6. The smallest absolute Gasteiger partial charge is 0.222 e. The first-order chi connectivity index (χ1) is 24.9. The molecule has 0 rings (SSSR count). The van der Waals surface area contributed by atoms with Crippen LogP contribution in [0.5, 0.6) is 0 Å². The van der Waals surface area contributed by atoms with Gasteiger partial charge in [-0.1, -0.05) is 169 Å². The van der Waals surface area contributed by atoms with Crippen molar-refractivity contribution in [3.63, 3.8) is 0 Å². The summed E-state index contributed by atoms with van der Waals surface area (Å²) in [6.45, 7) is 13.3. The van der Waals surface area contributed by atoms with Crippen LogP contribution in [0.2, 0.25) is 0 Å². The van der Waals surface area contributed by atoms with E-state index in [4.69, 9.17) is 0 Å². The van der Waals surface area contributed by atoms with E-state index in [1.165, 1.54) is 167 Å². The van der Waals surface area contributed by atoms with Crippen LogP contribution in [0, 0.1) is 11.8 Å². The maximum Gasteiger partial charge on any atom is 0.222 e. The zero-order chi connectivity index (χ0) is 37.6. The lowest BCUT2D eigenvalue weighted by molar-refractivity contribution is -0.130. The van der Waals surface area contributed by atoms with Crippen molar-refractivity contribution in [3.8, 4) is 0 Å². The Hall–Kier alpha value is -1.10. The molecule has 51 heavy (non-hydrogen) atoms. The number of nitrogens with zero attached hydrogens (tertiary/aromatic N) is 2. The highest BCUT2D eigenvalue weighted by Gasteiger charge is 2.13. The number of unbranched alkanes of at least 4 members (excludes halogenated alkanes) is 16. The Morgan fingerprint density at radius 2 is 0.686 bits per heavy atom. The summed E-state index contributed by atoms with van der Waals surface area (Å²) in [6, 6.07) is 0.